The van der Waals surface area contributed by atoms with Crippen molar-refractivity contribution in [1.82, 2.24) is 5.32 Å². The van der Waals surface area contributed by atoms with E-state index < -0.39 is 0 Å². The molecular formula is C7H15NO2. The van der Waals surface area contributed by atoms with Gasteiger partial charge >= 0.3 is 0 Å². The molecule has 2 unspecified atom stereocenters. The summed E-state index contributed by atoms with van der Waals surface area (Å²) in [6.07, 6.45) is 0.386. The third-order valence-electron chi connectivity index (χ3n) is 1.82. The van der Waals surface area contributed by atoms with Crippen molar-refractivity contribution in [2.24, 2.45) is 0 Å². The summed E-state index contributed by atoms with van der Waals surface area (Å²) in [5.74, 6) is 0. The second kappa shape index (κ2) is 3.91. The topological polar surface area (TPSA) is 30.5 Å². The average molecular weight is 145 g/mol. The van der Waals surface area contributed by atoms with Crippen LogP contribution in [0.25, 0.3) is 0 Å². The molecule has 0 spiro atoms. The van der Waals surface area contributed by atoms with E-state index >= 15 is 0 Å². The number of nitrogens with one attached hydrogen (secondary N) is 1. The zero-order chi connectivity index (χ0) is 7.40. The van der Waals surface area contributed by atoms with E-state index in [9.17, 15) is 0 Å². The molecule has 1 fully saturated rings. The highest BCUT2D eigenvalue weighted by Gasteiger charge is 2.26. The van der Waals surface area contributed by atoms with Gasteiger partial charge in [-0.2, -0.15) is 0 Å². The fraction of sp³-hybridized carbons (Fsp3) is 1.00. The minimum Gasteiger partial charge on any atom is -0.383 e. The minimum absolute atomic E-state index is 0.386. The third kappa shape index (κ3) is 1.94. The lowest BCUT2D eigenvalue weighted by Gasteiger charge is -2.34. The highest BCUT2D eigenvalue weighted by Crippen LogP contribution is 2.10. The minimum atomic E-state index is 0.386. The summed E-state index contributed by atoms with van der Waals surface area (Å²) in [7, 11) is 1.71. The fourth-order valence-corrected chi connectivity index (χ4v) is 0.956. The Morgan fingerprint density at radius 3 is 2.90 bits per heavy atom. The molecule has 60 valence electrons. The first-order chi connectivity index (χ1) is 4.84. The number of ether oxygens (including phenoxy) is 2. The van der Waals surface area contributed by atoms with Gasteiger partial charge in [-0.15, -0.1) is 0 Å². The van der Waals surface area contributed by atoms with Crippen LogP contribution in [0.5, 0.6) is 0 Å². The van der Waals surface area contributed by atoms with Crippen molar-refractivity contribution in [3.05, 3.63) is 0 Å². The van der Waals surface area contributed by atoms with Crippen molar-refractivity contribution in [1.29, 1.82) is 0 Å². The maximum absolute atomic E-state index is 5.17. The first-order valence-corrected chi connectivity index (χ1v) is 3.68. The summed E-state index contributed by atoms with van der Waals surface area (Å²) < 4.78 is 10.1. The van der Waals surface area contributed by atoms with Crippen molar-refractivity contribution in [3.8, 4) is 0 Å². The van der Waals surface area contributed by atoms with Gasteiger partial charge in [0.1, 0.15) is 0 Å². The molecule has 3 nitrogen and oxygen atoms in total. The number of methoxy groups -OCH3 is 1. The Balaban J connectivity index is 1.92. The standard InChI is InChI=1S/C7H15NO2/c1-6-7(5-10-6)8-3-4-9-2/h6-8H,3-5H2,1-2H3. The van der Waals surface area contributed by atoms with Crippen LogP contribution in [0.3, 0.4) is 0 Å². The van der Waals surface area contributed by atoms with E-state index in [0.717, 1.165) is 19.8 Å². The lowest BCUT2D eigenvalue weighted by molar-refractivity contribution is -0.0760. The van der Waals surface area contributed by atoms with Crippen LogP contribution in [0.4, 0.5) is 0 Å². The monoisotopic (exact) mass is 145 g/mol. The van der Waals surface area contributed by atoms with Crippen molar-refractivity contribution >= 4 is 0 Å². The van der Waals surface area contributed by atoms with Crippen molar-refractivity contribution in [2.45, 2.75) is 19.1 Å². The van der Waals surface area contributed by atoms with Gasteiger partial charge in [0, 0.05) is 13.7 Å². The lowest BCUT2D eigenvalue weighted by atomic mass is 10.1. The zero-order valence-electron chi connectivity index (χ0n) is 6.59. The molecule has 1 heterocycles. The molecule has 0 aromatic carbocycles. The van der Waals surface area contributed by atoms with E-state index in [0.29, 0.717) is 12.1 Å². The molecule has 0 aliphatic carbocycles. The van der Waals surface area contributed by atoms with Crippen LogP contribution in [0.15, 0.2) is 0 Å². The van der Waals surface area contributed by atoms with Crippen LogP contribution in [-0.4, -0.2) is 39.0 Å². The van der Waals surface area contributed by atoms with Crippen molar-refractivity contribution in [3.63, 3.8) is 0 Å². The van der Waals surface area contributed by atoms with Crippen LogP contribution in [0.1, 0.15) is 6.92 Å². The molecule has 0 radical (unpaired) electrons. The molecule has 1 N–H and O–H groups in total. The van der Waals surface area contributed by atoms with Gasteiger partial charge in [-0.25, -0.2) is 0 Å². The van der Waals surface area contributed by atoms with Gasteiger partial charge in [0.2, 0.25) is 0 Å². The molecule has 3 heteroatoms. The summed E-state index contributed by atoms with van der Waals surface area (Å²) in [5.41, 5.74) is 0. The summed E-state index contributed by atoms with van der Waals surface area (Å²) in [6.45, 7) is 4.64. The third-order valence-corrected chi connectivity index (χ3v) is 1.82. The molecule has 10 heavy (non-hydrogen) atoms. The Morgan fingerprint density at radius 2 is 2.50 bits per heavy atom. The van der Waals surface area contributed by atoms with Gasteiger partial charge in [-0.3, -0.25) is 0 Å². The van der Waals surface area contributed by atoms with Crippen LogP contribution in [-0.2, 0) is 9.47 Å². The van der Waals surface area contributed by atoms with E-state index in [1.54, 1.807) is 7.11 Å². The Bertz CT molecular complexity index is 97.6. The number of rotatable bonds is 4. The molecule has 1 rings (SSSR count). The van der Waals surface area contributed by atoms with Gasteiger partial charge in [-0.05, 0) is 6.92 Å². The van der Waals surface area contributed by atoms with Gasteiger partial charge in [0.15, 0.2) is 0 Å². The van der Waals surface area contributed by atoms with E-state index in [1.165, 1.54) is 0 Å². The molecule has 0 aromatic heterocycles. The largest absolute Gasteiger partial charge is 0.383 e. The van der Waals surface area contributed by atoms with E-state index in [1.807, 2.05) is 0 Å². The molecule has 1 aliphatic heterocycles. The Hall–Kier alpha value is -0.120. The average Bonchev–Trinajstić information content (AvgIpc) is 1.95. The normalized spacial score (nSPS) is 31.8. The molecule has 0 saturated carbocycles. The predicted octanol–water partition coefficient (Wildman–Crippen LogP) is 0.00970. The maximum atomic E-state index is 5.17. The summed E-state index contributed by atoms with van der Waals surface area (Å²) in [4.78, 5) is 0. The van der Waals surface area contributed by atoms with E-state index in [-0.39, 0.29) is 0 Å². The highest BCUT2D eigenvalue weighted by molar-refractivity contribution is 4.81. The zero-order valence-corrected chi connectivity index (χ0v) is 6.59. The van der Waals surface area contributed by atoms with E-state index in [2.05, 4.69) is 12.2 Å². The molecule has 1 aliphatic rings. The molecule has 0 amide bonds. The highest BCUT2D eigenvalue weighted by atomic mass is 16.5. The van der Waals surface area contributed by atoms with Crippen LogP contribution >= 0.6 is 0 Å². The van der Waals surface area contributed by atoms with Crippen molar-refractivity contribution < 1.29 is 9.47 Å². The maximum Gasteiger partial charge on any atom is 0.0723 e. The Morgan fingerprint density at radius 1 is 1.70 bits per heavy atom. The predicted molar refractivity (Wildman–Crippen MR) is 39.1 cm³/mol. The van der Waals surface area contributed by atoms with E-state index in [4.69, 9.17) is 9.47 Å². The molecule has 1 saturated heterocycles. The van der Waals surface area contributed by atoms with Gasteiger partial charge in [0.25, 0.3) is 0 Å². The molecule has 0 bridgehead atoms. The SMILES string of the molecule is COCCNC1COC1C. The van der Waals surface area contributed by atoms with Gasteiger partial charge in [-0.1, -0.05) is 0 Å². The second-order valence-corrected chi connectivity index (χ2v) is 2.59. The van der Waals surface area contributed by atoms with Gasteiger partial charge in [0.05, 0.1) is 25.4 Å². The Labute approximate surface area is 61.7 Å². The molecule has 2 atom stereocenters. The first kappa shape index (κ1) is 7.98. The van der Waals surface area contributed by atoms with Crippen molar-refractivity contribution in [2.75, 3.05) is 26.9 Å². The second-order valence-electron chi connectivity index (χ2n) is 2.59. The molecular weight excluding hydrogens is 130 g/mol. The summed E-state index contributed by atoms with van der Waals surface area (Å²) >= 11 is 0. The number of hydrogen-bond donors (Lipinski definition) is 1. The van der Waals surface area contributed by atoms with Crippen LogP contribution < -0.4 is 5.32 Å². The lowest BCUT2D eigenvalue weighted by Crippen LogP contribution is -2.53. The summed E-state index contributed by atoms with van der Waals surface area (Å²) in [6, 6.07) is 0.551. The fourth-order valence-electron chi connectivity index (χ4n) is 0.956. The smallest absolute Gasteiger partial charge is 0.0723 e. The molecule has 0 aromatic rings. The van der Waals surface area contributed by atoms with Crippen LogP contribution in [0.2, 0.25) is 0 Å². The quantitative estimate of drug-likeness (QED) is 0.565. The first-order valence-electron chi connectivity index (χ1n) is 3.68. The Kier molecular flexibility index (Phi) is 3.12. The van der Waals surface area contributed by atoms with Gasteiger partial charge < -0.3 is 14.8 Å². The number of hydrogen-bond acceptors (Lipinski definition) is 3. The summed E-state index contributed by atoms with van der Waals surface area (Å²) in [5, 5.41) is 3.32. The van der Waals surface area contributed by atoms with Crippen LogP contribution in [0, 0.1) is 0 Å².